The number of halogens is 1. The van der Waals surface area contributed by atoms with Gasteiger partial charge in [-0.2, -0.15) is 0 Å². The van der Waals surface area contributed by atoms with Crippen LogP contribution in [0.15, 0.2) is 71.5 Å². The number of hydrogen-bond acceptors (Lipinski definition) is 7. The van der Waals surface area contributed by atoms with Crippen LogP contribution >= 0.6 is 23.8 Å². The number of benzene rings is 3. The molecule has 1 fully saturated rings. The Bertz CT molecular complexity index is 1710. The highest BCUT2D eigenvalue weighted by molar-refractivity contribution is 7.71. The second kappa shape index (κ2) is 13.3. The molecule has 42 heavy (non-hydrogen) atoms. The molecular weight excluding hydrogens is 574 g/mol. The molecule has 0 bridgehead atoms. The van der Waals surface area contributed by atoms with E-state index >= 15 is 0 Å². The van der Waals surface area contributed by atoms with Gasteiger partial charge in [-0.05, 0) is 79.3 Å². The zero-order valence-corrected chi connectivity index (χ0v) is 24.8. The van der Waals surface area contributed by atoms with Crippen molar-refractivity contribution in [1.82, 2.24) is 19.8 Å². The highest BCUT2D eigenvalue weighted by atomic mass is 35.5. The number of aromatic amines is 1. The fraction of sp³-hybridized carbons (Fsp3) is 0.290. The molecule has 2 heterocycles. The molecule has 11 heteroatoms. The molecule has 5 rings (SSSR count). The Labute approximate surface area is 253 Å². The van der Waals surface area contributed by atoms with E-state index in [1.165, 1.54) is 11.7 Å². The van der Waals surface area contributed by atoms with E-state index in [0.29, 0.717) is 28.6 Å². The molecule has 1 amide bonds. The van der Waals surface area contributed by atoms with Gasteiger partial charge in [0.2, 0.25) is 0 Å². The fourth-order valence-electron chi connectivity index (χ4n) is 5.10. The van der Waals surface area contributed by atoms with Crippen LogP contribution in [0.5, 0.6) is 0 Å². The van der Waals surface area contributed by atoms with E-state index in [1.54, 1.807) is 30.3 Å². The minimum Gasteiger partial charge on any atom is -0.465 e. The number of esters is 1. The maximum atomic E-state index is 13.1. The van der Waals surface area contributed by atoms with Gasteiger partial charge in [-0.25, -0.2) is 4.79 Å². The van der Waals surface area contributed by atoms with E-state index in [-0.39, 0.29) is 22.8 Å². The predicted octanol–water partition coefficient (Wildman–Crippen LogP) is 4.49. The van der Waals surface area contributed by atoms with Crippen molar-refractivity contribution in [1.29, 1.82) is 0 Å². The molecular formula is C31H32ClN5O4S. The van der Waals surface area contributed by atoms with Crippen molar-refractivity contribution in [2.45, 2.75) is 13.0 Å². The fourth-order valence-corrected chi connectivity index (χ4v) is 5.54. The van der Waals surface area contributed by atoms with Gasteiger partial charge in [0, 0.05) is 49.0 Å². The molecule has 1 saturated heterocycles. The molecule has 0 radical (unpaired) electrons. The summed E-state index contributed by atoms with van der Waals surface area (Å²) in [6.45, 7) is 5.61. The number of amides is 1. The van der Waals surface area contributed by atoms with Crippen molar-refractivity contribution in [3.63, 3.8) is 0 Å². The second-order valence-electron chi connectivity index (χ2n) is 10.2. The number of aromatic nitrogens is 2. The number of fused-ring (bicyclic) bond motifs is 1. The molecule has 2 N–H and O–H groups in total. The van der Waals surface area contributed by atoms with Gasteiger partial charge in [0.25, 0.3) is 11.5 Å². The first kappa shape index (κ1) is 29.5. The Hall–Kier alpha value is -3.99. The summed E-state index contributed by atoms with van der Waals surface area (Å²) in [4.78, 5) is 45.4. The minimum atomic E-state index is -0.492. The summed E-state index contributed by atoms with van der Waals surface area (Å²) in [6.07, 6.45) is 0.866. The number of rotatable bonds is 9. The first-order valence-corrected chi connectivity index (χ1v) is 14.6. The summed E-state index contributed by atoms with van der Waals surface area (Å²) in [5.74, 6) is -0.623. The molecule has 0 aliphatic carbocycles. The Kier molecular flexibility index (Phi) is 9.36. The van der Waals surface area contributed by atoms with E-state index in [2.05, 4.69) is 26.2 Å². The summed E-state index contributed by atoms with van der Waals surface area (Å²) in [6, 6.07) is 19.8. The zero-order valence-electron chi connectivity index (χ0n) is 23.3. The third-order valence-electron chi connectivity index (χ3n) is 7.44. The number of hydrogen-bond donors (Lipinski definition) is 2. The maximum absolute atomic E-state index is 13.1. The number of nitrogens with zero attached hydrogens (tertiary/aromatic N) is 3. The Morgan fingerprint density at radius 2 is 1.74 bits per heavy atom. The van der Waals surface area contributed by atoms with Crippen LogP contribution in [-0.2, 0) is 11.3 Å². The molecule has 0 saturated carbocycles. The number of nitrogens with one attached hydrogen (secondary N) is 2. The van der Waals surface area contributed by atoms with E-state index in [4.69, 9.17) is 28.6 Å². The topological polar surface area (TPSA) is 99.7 Å². The lowest BCUT2D eigenvalue weighted by atomic mass is 10.1. The molecule has 1 aliphatic heterocycles. The quantitative estimate of drug-likeness (QED) is 0.165. The molecule has 0 unspecified atom stereocenters. The van der Waals surface area contributed by atoms with Crippen LogP contribution in [-0.4, -0.2) is 72.7 Å². The molecule has 9 nitrogen and oxygen atoms in total. The number of piperazine rings is 1. The van der Waals surface area contributed by atoms with Gasteiger partial charge < -0.3 is 19.9 Å². The van der Waals surface area contributed by atoms with Crippen LogP contribution in [0.1, 0.15) is 32.7 Å². The lowest BCUT2D eigenvalue weighted by Gasteiger charge is -2.36. The Morgan fingerprint density at radius 3 is 2.45 bits per heavy atom. The summed E-state index contributed by atoms with van der Waals surface area (Å²) >= 11 is 11.6. The predicted molar refractivity (Wildman–Crippen MR) is 167 cm³/mol. The number of methoxy groups -OCH3 is 1. The van der Waals surface area contributed by atoms with Crippen molar-refractivity contribution >= 4 is 52.3 Å². The molecule has 0 spiro atoms. The van der Waals surface area contributed by atoms with Gasteiger partial charge >= 0.3 is 5.97 Å². The second-order valence-corrected chi connectivity index (χ2v) is 11.0. The Morgan fingerprint density at radius 1 is 1.00 bits per heavy atom. The number of H-pyrrole nitrogens is 1. The first-order valence-electron chi connectivity index (χ1n) is 13.8. The normalized spacial score (nSPS) is 13.7. The highest BCUT2D eigenvalue weighted by Gasteiger charge is 2.17. The van der Waals surface area contributed by atoms with Crippen LogP contribution in [0.25, 0.3) is 10.9 Å². The van der Waals surface area contributed by atoms with Crippen molar-refractivity contribution in [2.24, 2.45) is 0 Å². The van der Waals surface area contributed by atoms with E-state index < -0.39 is 5.97 Å². The number of carbonyl (C=O) groups is 2. The number of ether oxygens (including phenoxy) is 1. The van der Waals surface area contributed by atoms with Crippen LogP contribution in [0, 0.1) is 4.77 Å². The summed E-state index contributed by atoms with van der Waals surface area (Å²) < 4.78 is 6.44. The lowest BCUT2D eigenvalue weighted by Crippen LogP contribution is -2.47. The third-order valence-corrected chi connectivity index (χ3v) is 8.00. The van der Waals surface area contributed by atoms with Crippen molar-refractivity contribution in [2.75, 3.05) is 51.3 Å². The maximum Gasteiger partial charge on any atom is 0.337 e. The van der Waals surface area contributed by atoms with E-state index in [9.17, 15) is 14.4 Å². The van der Waals surface area contributed by atoms with Crippen LogP contribution in [0.4, 0.5) is 5.69 Å². The standard InChI is InChI=1S/C31H32ClN5O4S/c1-41-30(40)23-10-11-26-27(18-23)34-31(42)37(29(26)39)20-21-6-8-22(9-7-21)28(38)33-12-3-13-35-14-16-36(17-15-35)25-5-2-4-24(32)19-25/h2,4-11,18-19H,3,12-17,20H2,1H3,(H,33,38)(H,34,42). The summed E-state index contributed by atoms with van der Waals surface area (Å²) in [7, 11) is 1.30. The smallest absolute Gasteiger partial charge is 0.337 e. The zero-order chi connectivity index (χ0) is 29.6. The van der Waals surface area contributed by atoms with Gasteiger partial charge in [-0.1, -0.05) is 29.8 Å². The largest absolute Gasteiger partial charge is 0.465 e. The molecule has 1 aromatic heterocycles. The van der Waals surface area contributed by atoms with E-state index in [0.717, 1.165) is 55.4 Å². The first-order chi connectivity index (χ1) is 20.3. The molecule has 3 aromatic carbocycles. The monoisotopic (exact) mass is 605 g/mol. The van der Waals surface area contributed by atoms with Gasteiger partial charge in [-0.15, -0.1) is 0 Å². The molecule has 1 aliphatic rings. The van der Waals surface area contributed by atoms with Crippen molar-refractivity contribution < 1.29 is 14.3 Å². The average molecular weight is 606 g/mol. The number of carbonyl (C=O) groups excluding carboxylic acids is 2. The summed E-state index contributed by atoms with van der Waals surface area (Å²) in [5, 5.41) is 4.17. The van der Waals surface area contributed by atoms with Gasteiger partial charge in [-0.3, -0.25) is 19.1 Å². The van der Waals surface area contributed by atoms with Crippen LogP contribution in [0.2, 0.25) is 5.02 Å². The molecule has 4 aromatic rings. The SMILES string of the molecule is COC(=O)c1ccc2c(=O)n(Cc3ccc(C(=O)NCCCN4CCN(c5cccc(Cl)c5)CC4)cc3)c(=S)[nH]c2c1. The Balaban J connectivity index is 1.11. The molecule has 218 valence electrons. The van der Waals surface area contributed by atoms with Crippen molar-refractivity contribution in [3.05, 3.63) is 104 Å². The number of anilines is 1. The van der Waals surface area contributed by atoms with Crippen LogP contribution in [0.3, 0.4) is 0 Å². The third kappa shape index (κ3) is 6.89. The van der Waals surface area contributed by atoms with E-state index in [1.807, 2.05) is 30.3 Å². The molecule has 0 atom stereocenters. The van der Waals surface area contributed by atoms with Crippen molar-refractivity contribution in [3.8, 4) is 0 Å². The average Bonchev–Trinajstić information content (AvgIpc) is 3.01. The summed E-state index contributed by atoms with van der Waals surface area (Å²) in [5.41, 5.74) is 3.07. The highest BCUT2D eigenvalue weighted by Crippen LogP contribution is 2.21. The van der Waals surface area contributed by atoms with Gasteiger partial charge in [0.05, 0.1) is 30.1 Å². The van der Waals surface area contributed by atoms with Crippen LogP contribution < -0.4 is 15.8 Å². The minimum absolute atomic E-state index is 0.131. The van der Waals surface area contributed by atoms with Gasteiger partial charge in [0.1, 0.15) is 0 Å². The lowest BCUT2D eigenvalue weighted by molar-refractivity contribution is 0.0600. The van der Waals surface area contributed by atoms with Gasteiger partial charge in [0.15, 0.2) is 4.77 Å².